The monoisotopic (exact) mass is 260 g/mol. The number of hydrogen-bond acceptors (Lipinski definition) is 1. The number of allylic oxidation sites excluding steroid dienone is 3. The van der Waals surface area contributed by atoms with E-state index in [2.05, 4.69) is 0 Å². The minimum Gasteiger partial charge on any atom is -0.276 e. The zero-order valence-electron chi connectivity index (χ0n) is 8.54. The highest BCUT2D eigenvalue weighted by Gasteiger charge is 2.29. The van der Waals surface area contributed by atoms with Crippen LogP contribution in [0.4, 0.5) is 13.2 Å². The normalized spacial score (nSPS) is 12.5. The van der Waals surface area contributed by atoms with Crippen LogP contribution in [0.3, 0.4) is 0 Å². The van der Waals surface area contributed by atoms with Crippen molar-refractivity contribution in [3.05, 3.63) is 53.6 Å². The van der Waals surface area contributed by atoms with E-state index in [1.807, 2.05) is 0 Å². The first kappa shape index (κ1) is 13.5. The third-order valence-corrected chi connectivity index (χ3v) is 1.99. The van der Waals surface area contributed by atoms with Gasteiger partial charge in [-0.1, -0.05) is 30.4 Å². The van der Waals surface area contributed by atoms with Gasteiger partial charge in [-0.2, -0.15) is 13.2 Å². The molecule has 1 aromatic rings. The van der Waals surface area contributed by atoms with Gasteiger partial charge in [0.15, 0.2) is 0 Å². The van der Waals surface area contributed by atoms with Gasteiger partial charge in [-0.25, -0.2) is 0 Å². The fourth-order valence-corrected chi connectivity index (χ4v) is 1.15. The Morgan fingerprint density at radius 3 is 2.18 bits per heavy atom. The Bertz CT molecular complexity index is 444. The molecule has 0 fully saturated rings. The summed E-state index contributed by atoms with van der Waals surface area (Å²) >= 11 is 5.05. The molecule has 0 heterocycles. The van der Waals surface area contributed by atoms with E-state index in [1.54, 1.807) is 6.08 Å². The molecule has 1 aromatic carbocycles. The van der Waals surface area contributed by atoms with Gasteiger partial charge in [-0.3, -0.25) is 4.79 Å². The van der Waals surface area contributed by atoms with Crippen LogP contribution in [0.15, 0.2) is 42.5 Å². The van der Waals surface area contributed by atoms with Gasteiger partial charge in [-0.05, 0) is 35.4 Å². The van der Waals surface area contributed by atoms with E-state index in [9.17, 15) is 18.0 Å². The van der Waals surface area contributed by atoms with E-state index < -0.39 is 17.0 Å². The lowest BCUT2D eigenvalue weighted by Crippen LogP contribution is -2.03. The van der Waals surface area contributed by atoms with Crippen LogP contribution in [0.2, 0.25) is 0 Å². The van der Waals surface area contributed by atoms with Gasteiger partial charge in [0.2, 0.25) is 5.24 Å². The molecule has 1 nitrogen and oxygen atoms in total. The molecule has 0 bridgehead atoms. The molecule has 0 N–H and O–H groups in total. The minimum absolute atomic E-state index is 0.602. The summed E-state index contributed by atoms with van der Waals surface area (Å²) in [6.07, 6.45) is 1.31. The largest absolute Gasteiger partial charge is 0.416 e. The average molecular weight is 261 g/mol. The number of benzene rings is 1. The average Bonchev–Trinajstić information content (AvgIpc) is 2.23. The number of halogens is 4. The van der Waals surface area contributed by atoms with Gasteiger partial charge in [0.25, 0.3) is 0 Å². The van der Waals surface area contributed by atoms with Gasteiger partial charge in [0.1, 0.15) is 0 Å². The number of rotatable bonds is 3. The number of alkyl halides is 3. The number of hydrogen-bond donors (Lipinski definition) is 0. The Morgan fingerprint density at radius 1 is 1.12 bits per heavy atom. The SMILES string of the molecule is O=C(Cl)/C=C/C=C/c1ccc(C(F)(F)F)cc1. The molecule has 90 valence electrons. The Balaban J connectivity index is 2.72. The molecule has 0 amide bonds. The highest BCUT2D eigenvalue weighted by molar-refractivity contribution is 6.66. The Hall–Kier alpha value is -1.55. The van der Waals surface area contributed by atoms with Crippen LogP contribution in [0.1, 0.15) is 11.1 Å². The van der Waals surface area contributed by atoms with Crippen molar-refractivity contribution < 1.29 is 18.0 Å². The van der Waals surface area contributed by atoms with Gasteiger partial charge in [0.05, 0.1) is 5.56 Å². The van der Waals surface area contributed by atoms with Crippen molar-refractivity contribution in [3.8, 4) is 0 Å². The van der Waals surface area contributed by atoms with Crippen LogP contribution in [-0.4, -0.2) is 5.24 Å². The van der Waals surface area contributed by atoms with Crippen LogP contribution in [0.5, 0.6) is 0 Å². The zero-order valence-corrected chi connectivity index (χ0v) is 9.29. The van der Waals surface area contributed by atoms with Crippen molar-refractivity contribution in [2.24, 2.45) is 0 Å². The lowest BCUT2D eigenvalue weighted by Gasteiger charge is -2.05. The smallest absolute Gasteiger partial charge is 0.276 e. The summed E-state index contributed by atoms with van der Waals surface area (Å²) in [7, 11) is 0. The van der Waals surface area contributed by atoms with Crippen molar-refractivity contribution in [1.82, 2.24) is 0 Å². The van der Waals surface area contributed by atoms with Crippen molar-refractivity contribution in [2.45, 2.75) is 6.18 Å². The van der Waals surface area contributed by atoms with E-state index in [-0.39, 0.29) is 0 Å². The van der Waals surface area contributed by atoms with Crippen LogP contribution < -0.4 is 0 Å². The van der Waals surface area contributed by atoms with Gasteiger partial charge in [0, 0.05) is 0 Å². The van der Waals surface area contributed by atoms with Crippen molar-refractivity contribution in [3.63, 3.8) is 0 Å². The summed E-state index contributed by atoms with van der Waals surface area (Å²) < 4.78 is 36.7. The molecule has 0 radical (unpaired) electrons. The predicted octanol–water partition coefficient (Wildman–Crippen LogP) is 4.04. The third-order valence-electron chi connectivity index (χ3n) is 1.87. The lowest BCUT2D eigenvalue weighted by atomic mass is 10.1. The molecule has 0 aliphatic carbocycles. The quantitative estimate of drug-likeness (QED) is 0.455. The van der Waals surface area contributed by atoms with E-state index >= 15 is 0 Å². The molecule has 0 spiro atoms. The fourth-order valence-electron chi connectivity index (χ4n) is 1.08. The fraction of sp³-hybridized carbons (Fsp3) is 0.0833. The first-order valence-electron chi connectivity index (χ1n) is 4.61. The molecule has 0 saturated carbocycles. The van der Waals surface area contributed by atoms with E-state index in [1.165, 1.54) is 24.3 Å². The van der Waals surface area contributed by atoms with E-state index in [0.29, 0.717) is 5.56 Å². The first-order chi connectivity index (χ1) is 7.89. The van der Waals surface area contributed by atoms with Crippen LogP contribution in [0.25, 0.3) is 6.08 Å². The van der Waals surface area contributed by atoms with Crippen LogP contribution in [-0.2, 0) is 11.0 Å². The molecule has 0 atom stereocenters. The summed E-state index contributed by atoms with van der Waals surface area (Å²) in [5.74, 6) is 0. The Kier molecular flexibility index (Phi) is 4.52. The second-order valence-corrected chi connectivity index (χ2v) is 3.51. The van der Waals surface area contributed by atoms with Crippen LogP contribution in [0, 0.1) is 0 Å². The van der Waals surface area contributed by atoms with Crippen molar-refractivity contribution >= 4 is 22.9 Å². The standard InChI is InChI=1S/C12H8ClF3O/c13-11(17)4-2-1-3-9-5-7-10(8-6-9)12(14,15)16/h1-8H/b3-1+,4-2+. The Morgan fingerprint density at radius 2 is 1.71 bits per heavy atom. The lowest BCUT2D eigenvalue weighted by molar-refractivity contribution is -0.137. The molecule has 17 heavy (non-hydrogen) atoms. The minimum atomic E-state index is -4.33. The highest BCUT2D eigenvalue weighted by Crippen LogP contribution is 2.29. The van der Waals surface area contributed by atoms with Gasteiger partial charge < -0.3 is 0 Å². The predicted molar refractivity (Wildman–Crippen MR) is 60.5 cm³/mol. The molecule has 0 unspecified atom stereocenters. The second kappa shape index (κ2) is 5.68. The maximum absolute atomic E-state index is 12.2. The van der Waals surface area contributed by atoms with Crippen molar-refractivity contribution in [1.29, 1.82) is 0 Å². The zero-order chi connectivity index (χ0) is 12.9. The maximum Gasteiger partial charge on any atom is 0.416 e. The summed E-state index contributed by atoms with van der Waals surface area (Å²) in [6.45, 7) is 0. The van der Waals surface area contributed by atoms with Gasteiger partial charge >= 0.3 is 6.18 Å². The third kappa shape index (κ3) is 4.87. The molecule has 0 aliphatic rings. The maximum atomic E-state index is 12.2. The molecule has 0 aromatic heterocycles. The summed E-state index contributed by atoms with van der Waals surface area (Å²) in [5.41, 5.74) is -0.0919. The molecular weight excluding hydrogens is 253 g/mol. The highest BCUT2D eigenvalue weighted by atomic mass is 35.5. The molecule has 0 saturated heterocycles. The van der Waals surface area contributed by atoms with E-state index in [0.717, 1.165) is 18.2 Å². The second-order valence-electron chi connectivity index (χ2n) is 3.14. The van der Waals surface area contributed by atoms with Gasteiger partial charge in [-0.15, -0.1) is 0 Å². The molecule has 1 rings (SSSR count). The number of carbonyl (C=O) groups excluding carboxylic acids is 1. The topological polar surface area (TPSA) is 17.1 Å². The Labute approximate surface area is 101 Å². The van der Waals surface area contributed by atoms with Crippen molar-refractivity contribution in [2.75, 3.05) is 0 Å². The van der Waals surface area contributed by atoms with E-state index in [4.69, 9.17) is 11.6 Å². The summed E-state index contributed by atoms with van der Waals surface area (Å²) in [4.78, 5) is 10.3. The first-order valence-corrected chi connectivity index (χ1v) is 4.99. The molecule has 0 aliphatic heterocycles. The molecule has 5 heteroatoms. The summed E-state index contributed by atoms with van der Waals surface area (Å²) in [5, 5.41) is -0.609. The summed E-state index contributed by atoms with van der Waals surface area (Å²) in [6, 6.07) is 4.68. The molecular formula is C12H8ClF3O. The van der Waals surface area contributed by atoms with Crippen LogP contribution >= 0.6 is 11.6 Å². The number of carbonyl (C=O) groups is 1.